The molecule has 2 aromatic rings. The Morgan fingerprint density at radius 1 is 1.53 bits per heavy atom. The van der Waals surface area contributed by atoms with Gasteiger partial charge in [0.1, 0.15) is 0 Å². The van der Waals surface area contributed by atoms with Crippen LogP contribution in [0.3, 0.4) is 0 Å². The second-order valence-corrected chi connectivity index (χ2v) is 4.76. The second kappa shape index (κ2) is 4.21. The monoisotopic (exact) mass is 240 g/mol. The highest BCUT2D eigenvalue weighted by molar-refractivity contribution is 7.10. The summed E-state index contributed by atoms with van der Waals surface area (Å²) >= 11 is 7.23. The fourth-order valence-corrected chi connectivity index (χ4v) is 2.18. The summed E-state index contributed by atoms with van der Waals surface area (Å²) in [6, 6.07) is 5.19. The first-order valence-corrected chi connectivity index (χ1v) is 5.73. The normalized spacial score (nSPS) is 10.5. The van der Waals surface area contributed by atoms with Crippen LogP contribution in [0.15, 0.2) is 28.0 Å². The molecule has 0 N–H and O–H groups in total. The summed E-state index contributed by atoms with van der Waals surface area (Å²) in [6.45, 7) is 2.02. The van der Waals surface area contributed by atoms with Gasteiger partial charge in [-0.1, -0.05) is 0 Å². The van der Waals surface area contributed by atoms with Crippen LogP contribution in [0.5, 0.6) is 0 Å². The quantitative estimate of drug-likeness (QED) is 0.766. The molecule has 0 saturated carbocycles. The molecule has 15 heavy (non-hydrogen) atoms. The minimum atomic E-state index is -0.0419. The Bertz CT molecular complexity index is 484. The fraction of sp³-hybridized carbons (Fsp3) is 0.182. The van der Waals surface area contributed by atoms with E-state index in [4.69, 9.17) is 16.0 Å². The van der Waals surface area contributed by atoms with Crippen LogP contribution in [0.2, 0.25) is 5.22 Å². The van der Waals surface area contributed by atoms with Gasteiger partial charge in [-0.3, -0.25) is 4.79 Å². The number of rotatable bonds is 3. The van der Waals surface area contributed by atoms with Crippen molar-refractivity contribution in [1.82, 2.24) is 0 Å². The molecule has 0 fully saturated rings. The predicted octanol–water partition coefficient (Wildman–Crippen LogP) is 3.73. The Balaban J connectivity index is 2.10. The van der Waals surface area contributed by atoms with Gasteiger partial charge in [-0.25, -0.2) is 0 Å². The van der Waals surface area contributed by atoms with E-state index in [1.54, 1.807) is 23.5 Å². The molecule has 2 rings (SSSR count). The van der Waals surface area contributed by atoms with Gasteiger partial charge in [0.25, 0.3) is 0 Å². The zero-order valence-corrected chi connectivity index (χ0v) is 9.69. The zero-order chi connectivity index (χ0) is 10.8. The lowest BCUT2D eigenvalue weighted by Gasteiger charge is -1.93. The lowest BCUT2D eigenvalue weighted by Crippen LogP contribution is -2.00. The van der Waals surface area contributed by atoms with Crippen molar-refractivity contribution in [1.29, 1.82) is 0 Å². The Labute approximate surface area is 96.5 Å². The number of hydrogen-bond acceptors (Lipinski definition) is 3. The van der Waals surface area contributed by atoms with Crippen LogP contribution in [-0.2, 0) is 6.42 Å². The van der Waals surface area contributed by atoms with Crippen LogP contribution in [0.25, 0.3) is 0 Å². The third-order valence-corrected chi connectivity index (χ3v) is 3.11. The summed E-state index contributed by atoms with van der Waals surface area (Å²) in [7, 11) is 0. The van der Waals surface area contributed by atoms with Crippen molar-refractivity contribution in [3.63, 3.8) is 0 Å². The van der Waals surface area contributed by atoms with Gasteiger partial charge in [-0.2, -0.15) is 0 Å². The zero-order valence-electron chi connectivity index (χ0n) is 8.12. The molecule has 0 aromatic carbocycles. The molecule has 0 atom stereocenters. The van der Waals surface area contributed by atoms with Crippen molar-refractivity contribution in [3.05, 3.63) is 45.0 Å². The first-order valence-electron chi connectivity index (χ1n) is 4.47. The number of carbonyl (C=O) groups excluding carboxylic acids is 1. The molecule has 4 heteroatoms. The number of thiophene rings is 1. The summed E-state index contributed by atoms with van der Waals surface area (Å²) in [5, 5.41) is 2.23. The van der Waals surface area contributed by atoms with E-state index in [2.05, 4.69) is 0 Å². The summed E-state index contributed by atoms with van der Waals surface area (Å²) in [5.74, 6) is 0.281. The first-order chi connectivity index (χ1) is 7.15. The number of furan rings is 1. The lowest BCUT2D eigenvalue weighted by atomic mass is 10.1. The lowest BCUT2D eigenvalue weighted by molar-refractivity contribution is 0.0966. The third kappa shape index (κ3) is 2.49. The van der Waals surface area contributed by atoms with E-state index in [-0.39, 0.29) is 11.0 Å². The average molecular weight is 241 g/mol. The third-order valence-electron chi connectivity index (χ3n) is 2.00. The molecule has 0 spiro atoms. The van der Waals surface area contributed by atoms with Gasteiger partial charge in [0.2, 0.25) is 5.78 Å². The number of halogens is 1. The Kier molecular flexibility index (Phi) is 2.93. The fourth-order valence-electron chi connectivity index (χ4n) is 1.33. The summed E-state index contributed by atoms with van der Waals surface area (Å²) in [4.78, 5) is 12.9. The summed E-state index contributed by atoms with van der Waals surface area (Å²) in [6.07, 6.45) is 0.369. The summed E-state index contributed by atoms with van der Waals surface area (Å²) in [5.41, 5.74) is 1.02. The predicted molar refractivity (Wildman–Crippen MR) is 60.8 cm³/mol. The molecule has 2 heterocycles. The SMILES string of the molecule is Cc1cc(CC(=O)c2ccc(Cl)o2)cs1. The Hall–Kier alpha value is -1.06. The topological polar surface area (TPSA) is 30.2 Å². The van der Waals surface area contributed by atoms with E-state index < -0.39 is 0 Å². The van der Waals surface area contributed by atoms with Crippen LogP contribution < -0.4 is 0 Å². The van der Waals surface area contributed by atoms with E-state index in [0.717, 1.165) is 5.56 Å². The smallest absolute Gasteiger partial charge is 0.202 e. The number of hydrogen-bond donors (Lipinski definition) is 0. The molecule has 0 bridgehead atoms. The van der Waals surface area contributed by atoms with Gasteiger partial charge < -0.3 is 4.42 Å². The van der Waals surface area contributed by atoms with E-state index >= 15 is 0 Å². The first kappa shape index (κ1) is 10.5. The van der Waals surface area contributed by atoms with Crippen LogP contribution in [-0.4, -0.2) is 5.78 Å². The molecule has 2 nitrogen and oxygen atoms in total. The van der Waals surface area contributed by atoms with Gasteiger partial charge in [-0.15, -0.1) is 11.3 Å². The molecule has 78 valence electrons. The van der Waals surface area contributed by atoms with Crippen molar-refractivity contribution in [2.24, 2.45) is 0 Å². The maximum absolute atomic E-state index is 11.7. The van der Waals surface area contributed by atoms with E-state index in [9.17, 15) is 4.79 Å². The standard InChI is InChI=1S/C11H9ClO2S/c1-7-4-8(6-15-7)5-9(13)10-2-3-11(12)14-10/h2-4,6H,5H2,1H3. The maximum Gasteiger partial charge on any atom is 0.202 e. The van der Waals surface area contributed by atoms with E-state index in [0.29, 0.717) is 12.2 Å². The Morgan fingerprint density at radius 3 is 2.87 bits per heavy atom. The average Bonchev–Trinajstić information content (AvgIpc) is 2.75. The van der Waals surface area contributed by atoms with Crippen LogP contribution in [0.1, 0.15) is 21.0 Å². The molecule has 0 aliphatic rings. The van der Waals surface area contributed by atoms with E-state index in [1.165, 1.54) is 4.88 Å². The number of ketones is 1. The van der Waals surface area contributed by atoms with Crippen molar-refractivity contribution in [3.8, 4) is 0 Å². The molecule has 0 aliphatic carbocycles. The van der Waals surface area contributed by atoms with Crippen molar-refractivity contribution in [2.75, 3.05) is 0 Å². The van der Waals surface area contributed by atoms with Crippen molar-refractivity contribution in [2.45, 2.75) is 13.3 Å². The van der Waals surface area contributed by atoms with Gasteiger partial charge in [0.05, 0.1) is 0 Å². The largest absolute Gasteiger partial charge is 0.442 e. The number of carbonyl (C=O) groups is 1. The molecule has 2 aromatic heterocycles. The van der Waals surface area contributed by atoms with E-state index in [1.807, 2.05) is 18.4 Å². The summed E-state index contributed by atoms with van der Waals surface area (Å²) < 4.78 is 5.04. The van der Waals surface area contributed by atoms with Crippen molar-refractivity contribution < 1.29 is 9.21 Å². The minimum Gasteiger partial charge on any atom is -0.442 e. The molecule has 0 saturated heterocycles. The van der Waals surface area contributed by atoms with Crippen molar-refractivity contribution >= 4 is 28.7 Å². The number of aryl methyl sites for hydroxylation is 1. The van der Waals surface area contributed by atoms with Crippen LogP contribution >= 0.6 is 22.9 Å². The number of Topliss-reactive ketones (excluding diaryl/α,β-unsaturated/α-hetero) is 1. The highest BCUT2D eigenvalue weighted by Gasteiger charge is 2.11. The molecule has 0 unspecified atom stereocenters. The second-order valence-electron chi connectivity index (χ2n) is 3.27. The highest BCUT2D eigenvalue weighted by atomic mass is 35.5. The maximum atomic E-state index is 11.7. The molecule has 0 aliphatic heterocycles. The molecular weight excluding hydrogens is 232 g/mol. The minimum absolute atomic E-state index is 0.0419. The molecule has 0 radical (unpaired) electrons. The van der Waals surface area contributed by atoms with Gasteiger partial charge in [-0.05, 0) is 47.7 Å². The molecular formula is C11H9ClO2S. The van der Waals surface area contributed by atoms with Gasteiger partial charge >= 0.3 is 0 Å². The highest BCUT2D eigenvalue weighted by Crippen LogP contribution is 2.18. The van der Waals surface area contributed by atoms with Crippen LogP contribution in [0.4, 0.5) is 0 Å². The van der Waals surface area contributed by atoms with Crippen LogP contribution in [0, 0.1) is 6.92 Å². The Morgan fingerprint density at radius 2 is 2.33 bits per heavy atom. The van der Waals surface area contributed by atoms with Gasteiger partial charge in [0, 0.05) is 11.3 Å². The molecule has 0 amide bonds. The van der Waals surface area contributed by atoms with Gasteiger partial charge in [0.15, 0.2) is 11.0 Å².